The highest BCUT2D eigenvalue weighted by atomic mass is 35.5. The van der Waals surface area contributed by atoms with Gasteiger partial charge in [0, 0.05) is 5.56 Å². The Kier molecular flexibility index (Phi) is 4.57. The summed E-state index contributed by atoms with van der Waals surface area (Å²) < 4.78 is 10.4. The number of fused-ring (bicyclic) bond motifs is 1. The van der Waals surface area contributed by atoms with E-state index in [2.05, 4.69) is 10.6 Å². The first-order valence-electron chi connectivity index (χ1n) is 7.27. The number of halogens is 1. The van der Waals surface area contributed by atoms with Gasteiger partial charge in [-0.25, -0.2) is 0 Å². The number of aryl methyl sites for hydroxylation is 1. The van der Waals surface area contributed by atoms with Gasteiger partial charge in [-0.2, -0.15) is 0 Å². The standard InChI is InChI=1S/C17H15ClN2O4/c1-10-2-4-13(12(18)6-10)20-16(21)8-19-17(22)11-3-5-14-15(7-11)24-9-23-14/h2-7H,8-9H2,1H3,(H,19,22)(H,20,21). The van der Waals surface area contributed by atoms with E-state index in [9.17, 15) is 9.59 Å². The number of rotatable bonds is 4. The lowest BCUT2D eigenvalue weighted by Crippen LogP contribution is -2.32. The van der Waals surface area contributed by atoms with Crippen molar-refractivity contribution in [2.24, 2.45) is 0 Å². The van der Waals surface area contributed by atoms with Gasteiger partial charge < -0.3 is 20.1 Å². The Morgan fingerprint density at radius 3 is 2.71 bits per heavy atom. The van der Waals surface area contributed by atoms with Gasteiger partial charge >= 0.3 is 0 Å². The molecule has 1 aliphatic heterocycles. The summed E-state index contributed by atoms with van der Waals surface area (Å²) in [5, 5.41) is 5.66. The minimum Gasteiger partial charge on any atom is -0.454 e. The summed E-state index contributed by atoms with van der Waals surface area (Å²) in [6.07, 6.45) is 0. The van der Waals surface area contributed by atoms with E-state index in [1.54, 1.807) is 30.3 Å². The molecule has 1 aliphatic rings. The van der Waals surface area contributed by atoms with E-state index in [0.29, 0.717) is 27.8 Å². The number of carbonyl (C=O) groups excluding carboxylic acids is 2. The van der Waals surface area contributed by atoms with Crippen LogP contribution in [0.4, 0.5) is 5.69 Å². The maximum Gasteiger partial charge on any atom is 0.251 e. The highest BCUT2D eigenvalue weighted by Crippen LogP contribution is 2.32. The zero-order chi connectivity index (χ0) is 17.1. The molecule has 6 nitrogen and oxygen atoms in total. The van der Waals surface area contributed by atoms with Crippen molar-refractivity contribution in [2.45, 2.75) is 6.92 Å². The fourth-order valence-corrected chi connectivity index (χ4v) is 2.50. The van der Waals surface area contributed by atoms with Gasteiger partial charge in [-0.3, -0.25) is 9.59 Å². The number of hydrogen-bond acceptors (Lipinski definition) is 4. The molecule has 124 valence electrons. The predicted octanol–water partition coefficient (Wildman–Crippen LogP) is 2.75. The third-order valence-corrected chi connectivity index (χ3v) is 3.76. The van der Waals surface area contributed by atoms with Crippen LogP contribution in [-0.2, 0) is 4.79 Å². The number of carbonyl (C=O) groups is 2. The first-order chi connectivity index (χ1) is 11.5. The first kappa shape index (κ1) is 16.1. The first-order valence-corrected chi connectivity index (χ1v) is 7.64. The van der Waals surface area contributed by atoms with Gasteiger partial charge in [0.15, 0.2) is 11.5 Å². The molecule has 0 spiro atoms. The third-order valence-electron chi connectivity index (χ3n) is 3.44. The summed E-state index contributed by atoms with van der Waals surface area (Å²) in [6.45, 7) is 1.88. The summed E-state index contributed by atoms with van der Waals surface area (Å²) >= 11 is 6.06. The molecule has 2 N–H and O–H groups in total. The molecule has 1 heterocycles. The number of anilines is 1. The van der Waals surface area contributed by atoms with E-state index in [1.165, 1.54) is 0 Å². The average molecular weight is 347 g/mol. The monoisotopic (exact) mass is 346 g/mol. The maximum absolute atomic E-state index is 12.1. The van der Waals surface area contributed by atoms with Crippen LogP contribution in [0.5, 0.6) is 11.5 Å². The van der Waals surface area contributed by atoms with Gasteiger partial charge in [0.2, 0.25) is 12.7 Å². The fourth-order valence-electron chi connectivity index (χ4n) is 2.22. The molecular formula is C17H15ClN2O4. The van der Waals surface area contributed by atoms with Crippen LogP contribution in [0.2, 0.25) is 5.02 Å². The zero-order valence-corrected chi connectivity index (χ0v) is 13.6. The lowest BCUT2D eigenvalue weighted by atomic mass is 10.2. The Hall–Kier alpha value is -2.73. The van der Waals surface area contributed by atoms with E-state index < -0.39 is 0 Å². The molecule has 0 saturated heterocycles. The van der Waals surface area contributed by atoms with Crippen molar-refractivity contribution in [1.29, 1.82) is 0 Å². The molecule has 3 rings (SSSR count). The van der Waals surface area contributed by atoms with Crippen molar-refractivity contribution >= 4 is 29.1 Å². The smallest absolute Gasteiger partial charge is 0.251 e. The van der Waals surface area contributed by atoms with Gasteiger partial charge in [0.05, 0.1) is 17.3 Å². The second kappa shape index (κ2) is 6.80. The van der Waals surface area contributed by atoms with Gasteiger partial charge in [0.1, 0.15) is 0 Å². The molecule has 0 unspecified atom stereocenters. The molecule has 2 amide bonds. The zero-order valence-electron chi connectivity index (χ0n) is 12.9. The van der Waals surface area contributed by atoms with Crippen LogP contribution < -0.4 is 20.1 Å². The largest absolute Gasteiger partial charge is 0.454 e. The van der Waals surface area contributed by atoms with E-state index in [0.717, 1.165) is 5.56 Å². The topological polar surface area (TPSA) is 76.7 Å². The molecule has 7 heteroatoms. The Balaban J connectivity index is 1.57. The molecule has 0 aliphatic carbocycles. The highest BCUT2D eigenvalue weighted by Gasteiger charge is 2.16. The van der Waals surface area contributed by atoms with Crippen molar-refractivity contribution in [1.82, 2.24) is 5.32 Å². The van der Waals surface area contributed by atoms with Crippen LogP contribution in [0, 0.1) is 6.92 Å². The lowest BCUT2D eigenvalue weighted by molar-refractivity contribution is -0.115. The van der Waals surface area contributed by atoms with Gasteiger partial charge in [-0.05, 0) is 42.8 Å². The molecule has 0 bridgehead atoms. The Morgan fingerprint density at radius 1 is 1.12 bits per heavy atom. The van der Waals surface area contributed by atoms with E-state index in [1.807, 2.05) is 13.0 Å². The van der Waals surface area contributed by atoms with Crippen molar-refractivity contribution in [3.8, 4) is 11.5 Å². The maximum atomic E-state index is 12.1. The summed E-state index contributed by atoms with van der Waals surface area (Å²) in [5.41, 5.74) is 1.89. The second-order valence-corrected chi connectivity index (χ2v) is 5.69. The number of amides is 2. The van der Waals surface area contributed by atoms with E-state index >= 15 is 0 Å². The molecule has 0 saturated carbocycles. The quantitative estimate of drug-likeness (QED) is 0.892. The minimum absolute atomic E-state index is 0.139. The number of benzene rings is 2. The van der Waals surface area contributed by atoms with Gasteiger partial charge in [-0.1, -0.05) is 17.7 Å². The number of nitrogens with one attached hydrogen (secondary N) is 2. The van der Waals surface area contributed by atoms with Gasteiger partial charge in [-0.15, -0.1) is 0 Å². The van der Waals surface area contributed by atoms with Crippen LogP contribution in [-0.4, -0.2) is 25.2 Å². The fraction of sp³-hybridized carbons (Fsp3) is 0.176. The predicted molar refractivity (Wildman–Crippen MR) is 89.7 cm³/mol. The molecule has 24 heavy (non-hydrogen) atoms. The normalized spacial score (nSPS) is 11.9. The molecule has 0 aromatic heterocycles. The average Bonchev–Trinajstić information content (AvgIpc) is 3.03. The molecule has 0 fully saturated rings. The van der Waals surface area contributed by atoms with Gasteiger partial charge in [0.25, 0.3) is 5.91 Å². The van der Waals surface area contributed by atoms with E-state index in [4.69, 9.17) is 21.1 Å². The lowest BCUT2D eigenvalue weighted by Gasteiger charge is -2.09. The van der Waals surface area contributed by atoms with Crippen LogP contribution in [0.1, 0.15) is 15.9 Å². The Morgan fingerprint density at radius 2 is 1.92 bits per heavy atom. The minimum atomic E-state index is -0.376. The van der Waals surface area contributed by atoms with Crippen molar-refractivity contribution in [3.05, 3.63) is 52.5 Å². The SMILES string of the molecule is Cc1ccc(NC(=O)CNC(=O)c2ccc3c(c2)OCO3)c(Cl)c1. The van der Waals surface area contributed by atoms with Crippen molar-refractivity contribution in [3.63, 3.8) is 0 Å². The third kappa shape index (κ3) is 3.60. The molecule has 0 radical (unpaired) electrons. The number of ether oxygens (including phenoxy) is 2. The Labute approximate surface area is 143 Å². The van der Waals surface area contributed by atoms with Crippen LogP contribution >= 0.6 is 11.6 Å². The van der Waals surface area contributed by atoms with Crippen LogP contribution in [0.25, 0.3) is 0 Å². The highest BCUT2D eigenvalue weighted by molar-refractivity contribution is 6.33. The summed E-state index contributed by atoms with van der Waals surface area (Å²) in [5.74, 6) is 0.366. The molecular weight excluding hydrogens is 332 g/mol. The van der Waals surface area contributed by atoms with Crippen molar-refractivity contribution < 1.29 is 19.1 Å². The molecule has 2 aromatic carbocycles. The summed E-state index contributed by atoms with van der Waals surface area (Å²) in [6, 6.07) is 10.2. The van der Waals surface area contributed by atoms with Crippen LogP contribution in [0.3, 0.4) is 0 Å². The molecule has 0 atom stereocenters. The van der Waals surface area contributed by atoms with E-state index in [-0.39, 0.29) is 25.2 Å². The summed E-state index contributed by atoms with van der Waals surface area (Å²) in [7, 11) is 0. The molecule has 2 aromatic rings. The van der Waals surface area contributed by atoms with Crippen LogP contribution in [0.15, 0.2) is 36.4 Å². The summed E-state index contributed by atoms with van der Waals surface area (Å²) in [4.78, 5) is 24.0. The van der Waals surface area contributed by atoms with Crippen molar-refractivity contribution in [2.75, 3.05) is 18.7 Å². The Bertz CT molecular complexity index is 807. The second-order valence-electron chi connectivity index (χ2n) is 5.28. The number of hydrogen-bond donors (Lipinski definition) is 2.